The van der Waals surface area contributed by atoms with E-state index in [1.54, 1.807) is 20.3 Å². The number of carbonyl (C=O) groups is 1. The molecule has 0 fully saturated rings. The standard InChI is InChI=1S/C20H19BrN2O4/c1-25-17-9-12(8-15(21)18(17)26-2)11-22-19(24)16-10-13-6-4-5-7-14(13)20(23-16)27-3/h4-10H,11H2,1-3H3,(H,22,24). The first-order valence-corrected chi connectivity index (χ1v) is 8.99. The summed E-state index contributed by atoms with van der Waals surface area (Å²) in [4.78, 5) is 16.9. The van der Waals surface area contributed by atoms with E-state index in [9.17, 15) is 4.79 Å². The van der Waals surface area contributed by atoms with Crippen LogP contribution in [0.1, 0.15) is 16.1 Å². The Hall–Kier alpha value is -2.80. The SMILES string of the molecule is COc1cc(CNC(=O)c2cc3ccccc3c(OC)n2)cc(Br)c1OC. The highest BCUT2D eigenvalue weighted by Crippen LogP contribution is 2.36. The third kappa shape index (κ3) is 3.98. The van der Waals surface area contributed by atoms with E-state index >= 15 is 0 Å². The average Bonchev–Trinajstić information content (AvgIpc) is 2.70. The molecule has 0 radical (unpaired) electrons. The molecular formula is C20H19BrN2O4. The van der Waals surface area contributed by atoms with Crippen LogP contribution in [0.15, 0.2) is 46.9 Å². The van der Waals surface area contributed by atoms with Crippen LogP contribution >= 0.6 is 15.9 Å². The van der Waals surface area contributed by atoms with Crippen molar-refractivity contribution in [1.82, 2.24) is 10.3 Å². The molecule has 0 unspecified atom stereocenters. The Morgan fingerprint density at radius 3 is 2.56 bits per heavy atom. The van der Waals surface area contributed by atoms with E-state index in [1.807, 2.05) is 36.4 Å². The van der Waals surface area contributed by atoms with Crippen LogP contribution in [0.25, 0.3) is 10.8 Å². The molecular weight excluding hydrogens is 412 g/mol. The zero-order valence-corrected chi connectivity index (χ0v) is 16.8. The number of pyridine rings is 1. The van der Waals surface area contributed by atoms with E-state index in [0.717, 1.165) is 20.8 Å². The molecule has 3 aromatic rings. The number of nitrogens with zero attached hydrogens (tertiary/aromatic N) is 1. The van der Waals surface area contributed by atoms with Crippen molar-refractivity contribution in [3.05, 3.63) is 58.2 Å². The first-order chi connectivity index (χ1) is 13.1. The molecule has 0 saturated carbocycles. The normalized spacial score (nSPS) is 10.5. The molecule has 6 nitrogen and oxygen atoms in total. The van der Waals surface area contributed by atoms with Gasteiger partial charge in [0, 0.05) is 11.9 Å². The van der Waals surface area contributed by atoms with Crippen molar-refractivity contribution < 1.29 is 19.0 Å². The topological polar surface area (TPSA) is 69.7 Å². The van der Waals surface area contributed by atoms with Gasteiger partial charge in [0.05, 0.1) is 25.8 Å². The van der Waals surface area contributed by atoms with Crippen molar-refractivity contribution in [1.29, 1.82) is 0 Å². The summed E-state index contributed by atoms with van der Waals surface area (Å²) in [6, 6.07) is 13.1. The minimum absolute atomic E-state index is 0.287. The van der Waals surface area contributed by atoms with Crippen molar-refractivity contribution in [2.45, 2.75) is 6.54 Å². The Kier molecular flexibility index (Phi) is 5.81. The predicted molar refractivity (Wildman–Crippen MR) is 107 cm³/mol. The maximum Gasteiger partial charge on any atom is 0.270 e. The van der Waals surface area contributed by atoms with Gasteiger partial charge in [-0.15, -0.1) is 0 Å². The molecule has 27 heavy (non-hydrogen) atoms. The number of hydrogen-bond acceptors (Lipinski definition) is 5. The summed E-state index contributed by atoms with van der Waals surface area (Å²) in [6.45, 7) is 0.314. The van der Waals surface area contributed by atoms with Gasteiger partial charge < -0.3 is 19.5 Å². The quantitative estimate of drug-likeness (QED) is 0.640. The Bertz CT molecular complexity index is 991. The molecule has 1 heterocycles. The fourth-order valence-electron chi connectivity index (χ4n) is 2.79. The van der Waals surface area contributed by atoms with Gasteiger partial charge in [0.15, 0.2) is 11.5 Å². The molecule has 1 N–H and O–H groups in total. The minimum atomic E-state index is -0.287. The van der Waals surface area contributed by atoms with E-state index in [2.05, 4.69) is 26.2 Å². The molecule has 2 aromatic carbocycles. The molecule has 0 aliphatic heterocycles. The third-order valence-corrected chi connectivity index (χ3v) is 4.67. The van der Waals surface area contributed by atoms with Gasteiger partial charge in [-0.25, -0.2) is 4.98 Å². The molecule has 0 aliphatic carbocycles. The maximum absolute atomic E-state index is 12.6. The number of halogens is 1. The molecule has 3 rings (SSSR count). The monoisotopic (exact) mass is 430 g/mol. The van der Waals surface area contributed by atoms with Crippen LogP contribution < -0.4 is 19.5 Å². The second-order valence-corrected chi connectivity index (χ2v) is 6.59. The summed E-state index contributed by atoms with van der Waals surface area (Å²) in [5.41, 5.74) is 1.16. The van der Waals surface area contributed by atoms with E-state index in [4.69, 9.17) is 14.2 Å². The Balaban J connectivity index is 1.82. The van der Waals surface area contributed by atoms with Gasteiger partial charge in [-0.05, 0) is 51.1 Å². The number of nitrogens with one attached hydrogen (secondary N) is 1. The van der Waals surface area contributed by atoms with Crippen molar-refractivity contribution >= 4 is 32.6 Å². The second kappa shape index (κ2) is 8.26. The van der Waals surface area contributed by atoms with E-state index < -0.39 is 0 Å². The Morgan fingerprint density at radius 2 is 1.85 bits per heavy atom. The highest BCUT2D eigenvalue weighted by atomic mass is 79.9. The van der Waals surface area contributed by atoms with E-state index in [-0.39, 0.29) is 5.91 Å². The van der Waals surface area contributed by atoms with Gasteiger partial charge >= 0.3 is 0 Å². The maximum atomic E-state index is 12.6. The lowest BCUT2D eigenvalue weighted by Gasteiger charge is -2.13. The summed E-state index contributed by atoms with van der Waals surface area (Å²) in [6.07, 6.45) is 0. The van der Waals surface area contributed by atoms with Gasteiger partial charge in [0.25, 0.3) is 5.91 Å². The lowest BCUT2D eigenvalue weighted by molar-refractivity contribution is 0.0945. The zero-order chi connectivity index (χ0) is 19.4. The van der Waals surface area contributed by atoms with Gasteiger partial charge in [0.1, 0.15) is 5.69 Å². The number of methoxy groups -OCH3 is 3. The number of carbonyl (C=O) groups excluding carboxylic acids is 1. The molecule has 7 heteroatoms. The number of amides is 1. The summed E-state index contributed by atoms with van der Waals surface area (Å²) < 4.78 is 16.7. The van der Waals surface area contributed by atoms with E-state index in [1.165, 1.54) is 7.11 Å². The molecule has 0 atom stereocenters. The summed E-state index contributed by atoms with van der Waals surface area (Å²) in [7, 11) is 4.68. The number of rotatable bonds is 6. The molecule has 0 bridgehead atoms. The van der Waals surface area contributed by atoms with Gasteiger partial charge in [-0.3, -0.25) is 4.79 Å². The lowest BCUT2D eigenvalue weighted by atomic mass is 10.1. The Morgan fingerprint density at radius 1 is 1.07 bits per heavy atom. The summed E-state index contributed by atoms with van der Waals surface area (Å²) in [5.74, 6) is 1.33. The molecule has 0 saturated heterocycles. The number of hydrogen-bond donors (Lipinski definition) is 1. The first kappa shape index (κ1) is 19.0. The first-order valence-electron chi connectivity index (χ1n) is 8.19. The molecule has 0 aliphatic rings. The molecule has 1 amide bonds. The number of fused-ring (bicyclic) bond motifs is 1. The fraction of sp³-hybridized carbons (Fsp3) is 0.200. The van der Waals surface area contributed by atoms with E-state index in [0.29, 0.717) is 29.6 Å². The molecule has 0 spiro atoms. The highest BCUT2D eigenvalue weighted by molar-refractivity contribution is 9.10. The van der Waals surface area contributed by atoms with Crippen LogP contribution in [0.5, 0.6) is 17.4 Å². The lowest BCUT2D eigenvalue weighted by Crippen LogP contribution is -2.24. The van der Waals surface area contributed by atoms with Crippen LogP contribution in [-0.2, 0) is 6.54 Å². The van der Waals surface area contributed by atoms with Gasteiger partial charge in [-0.1, -0.05) is 18.2 Å². The number of ether oxygens (including phenoxy) is 3. The van der Waals surface area contributed by atoms with Crippen molar-refractivity contribution in [2.75, 3.05) is 21.3 Å². The van der Waals surface area contributed by atoms with Gasteiger partial charge in [-0.2, -0.15) is 0 Å². The van der Waals surface area contributed by atoms with Crippen LogP contribution in [0, 0.1) is 0 Å². The summed E-state index contributed by atoms with van der Waals surface area (Å²) in [5, 5.41) is 4.63. The molecule has 140 valence electrons. The minimum Gasteiger partial charge on any atom is -0.493 e. The fourth-order valence-corrected chi connectivity index (χ4v) is 3.44. The highest BCUT2D eigenvalue weighted by Gasteiger charge is 2.14. The van der Waals surface area contributed by atoms with Crippen LogP contribution in [0.3, 0.4) is 0 Å². The van der Waals surface area contributed by atoms with Crippen molar-refractivity contribution in [3.8, 4) is 17.4 Å². The summed E-state index contributed by atoms with van der Waals surface area (Å²) >= 11 is 3.45. The van der Waals surface area contributed by atoms with Crippen LogP contribution in [-0.4, -0.2) is 32.2 Å². The third-order valence-electron chi connectivity index (χ3n) is 4.08. The predicted octanol–water partition coefficient (Wildman–Crippen LogP) is 3.95. The number of benzene rings is 2. The Labute approximate surface area is 165 Å². The second-order valence-electron chi connectivity index (χ2n) is 5.73. The zero-order valence-electron chi connectivity index (χ0n) is 15.2. The number of aromatic nitrogens is 1. The van der Waals surface area contributed by atoms with Crippen molar-refractivity contribution in [2.24, 2.45) is 0 Å². The largest absolute Gasteiger partial charge is 0.493 e. The average molecular weight is 431 g/mol. The molecule has 1 aromatic heterocycles. The van der Waals surface area contributed by atoms with Crippen LogP contribution in [0.2, 0.25) is 0 Å². The van der Waals surface area contributed by atoms with Crippen molar-refractivity contribution in [3.63, 3.8) is 0 Å². The smallest absolute Gasteiger partial charge is 0.270 e. The van der Waals surface area contributed by atoms with Crippen LogP contribution in [0.4, 0.5) is 0 Å². The van der Waals surface area contributed by atoms with Gasteiger partial charge in [0.2, 0.25) is 5.88 Å².